The average Bonchev–Trinajstić information content (AvgIpc) is 0.857. The van der Waals surface area contributed by atoms with Crippen molar-refractivity contribution in [3.63, 3.8) is 0 Å². The first-order valence-electron chi connectivity index (χ1n) is 42.8. The molecule has 628 valence electrons. The third-order valence-electron chi connectivity index (χ3n) is 19.1. The predicted molar refractivity (Wildman–Crippen MR) is 412 cm³/mol. The second-order valence-electron chi connectivity index (χ2n) is 29.4. The Morgan fingerprint density at radius 1 is 0.226 bits per heavy atom. The summed E-state index contributed by atoms with van der Waals surface area (Å²) in [5, 5.41) is 132. The van der Waals surface area contributed by atoms with Gasteiger partial charge in [-0.2, -0.15) is 0 Å². The molecule has 0 rings (SSSR count). The molecule has 8 atom stereocenters. The van der Waals surface area contributed by atoms with Gasteiger partial charge in [0.05, 0.1) is 13.2 Å². The van der Waals surface area contributed by atoms with Gasteiger partial charge in [-0.3, -0.25) is 0 Å². The summed E-state index contributed by atoms with van der Waals surface area (Å²) in [6.07, 6.45) is 61.3. The van der Waals surface area contributed by atoms with Gasteiger partial charge in [0.2, 0.25) is 0 Å². The molecular formula is C84H162O21Zr. The van der Waals surface area contributed by atoms with E-state index in [0.29, 0.717) is 0 Å². The Morgan fingerprint density at radius 2 is 0.349 bits per heavy atom. The molecule has 0 saturated carbocycles. The molecule has 0 radical (unpaired) electrons. The summed E-state index contributed by atoms with van der Waals surface area (Å²) < 4.78 is 3.93. The summed E-state index contributed by atoms with van der Waals surface area (Å²) in [5.41, 5.74) is 0. The summed E-state index contributed by atoms with van der Waals surface area (Å²) in [6.45, 7) is 7.03. The molecule has 0 aliphatic carbocycles. The maximum atomic E-state index is 11.4. The molecule has 0 aromatic rings. The Bertz CT molecular complexity index is 1620. The van der Waals surface area contributed by atoms with Gasteiger partial charge in [-0.15, -0.1) is 0 Å². The number of hydrogen-bond acceptors (Lipinski definition) is 21. The predicted octanol–water partition coefficient (Wildman–Crippen LogP) is 12.9. The summed E-state index contributed by atoms with van der Waals surface area (Å²) >= 11 is 0. The van der Waals surface area contributed by atoms with E-state index in [1.165, 1.54) is 334 Å². The zero-order valence-electron chi connectivity index (χ0n) is 67.8. The molecule has 0 aliphatic rings. The van der Waals surface area contributed by atoms with E-state index in [4.69, 9.17) is 20.4 Å². The largest absolute Gasteiger partial charge is 4.00 e. The van der Waals surface area contributed by atoms with Crippen LogP contribution in [0.4, 0.5) is 0 Å². The number of unbranched alkanes of at least 4 members (excludes halogenated alkanes) is 56. The SMILES string of the molecule is CCCCCCCCCCCCCCCCCC(=O)[O-].CCCCCCCCCCCCCCCCCC(=O)[O-].CCCCCCCCCCCCCCCCCC(=O)[O-].CCCCCCCCCCCCCCCCCC(=O)[O-].O=C(OC(=O)[C@H](O)[C@@H](O)[C@H](O)[C@H](O)CO)[C@H](O)[C@@H](O)[C@H](O)[C@H](O)CO.[Zr+4]. The normalized spacial score (nSPS) is 13.2. The van der Waals surface area contributed by atoms with Crippen LogP contribution in [0, 0.1) is 0 Å². The molecule has 0 fully saturated rings. The van der Waals surface area contributed by atoms with Gasteiger partial charge >= 0.3 is 38.1 Å². The molecular weight excluding hydrogens is 1440 g/mol. The molecule has 0 bridgehead atoms. The van der Waals surface area contributed by atoms with E-state index >= 15 is 0 Å². The Morgan fingerprint density at radius 3 is 0.462 bits per heavy atom. The Kier molecular flexibility index (Phi) is 100. The van der Waals surface area contributed by atoms with Crippen LogP contribution < -0.4 is 20.4 Å². The molecule has 0 unspecified atom stereocenters. The number of carbonyl (C=O) groups excluding carboxylic acids is 6. The van der Waals surface area contributed by atoms with Crippen molar-refractivity contribution in [2.75, 3.05) is 13.2 Å². The van der Waals surface area contributed by atoms with E-state index in [-0.39, 0.29) is 51.9 Å². The minimum atomic E-state index is -2.57. The van der Waals surface area contributed by atoms with Crippen molar-refractivity contribution < 1.29 is 131 Å². The van der Waals surface area contributed by atoms with Crippen molar-refractivity contribution in [2.45, 2.75) is 487 Å². The fraction of sp³-hybridized carbons (Fsp3) is 0.929. The number of carbonyl (C=O) groups is 6. The average molecular weight is 1600 g/mol. The number of aliphatic hydroxyl groups excluding tert-OH is 10. The first-order chi connectivity index (χ1) is 50.6. The molecule has 22 heteroatoms. The maximum absolute atomic E-state index is 11.4. The molecule has 0 saturated heterocycles. The molecule has 10 N–H and O–H groups in total. The summed E-state index contributed by atoms with van der Waals surface area (Å²) in [6, 6.07) is 0. The van der Waals surface area contributed by atoms with E-state index in [2.05, 4.69) is 32.4 Å². The van der Waals surface area contributed by atoms with Crippen molar-refractivity contribution >= 4 is 35.8 Å². The fourth-order valence-corrected chi connectivity index (χ4v) is 12.1. The molecule has 0 aromatic heterocycles. The number of ether oxygens (including phenoxy) is 1. The second kappa shape index (κ2) is 93.1. The monoisotopic (exact) mass is 1600 g/mol. The minimum Gasteiger partial charge on any atom is -0.550 e. The van der Waals surface area contributed by atoms with Gasteiger partial charge in [-0.1, -0.05) is 387 Å². The number of carboxylic acids is 4. The Balaban J connectivity index is -0.000000295. The fourth-order valence-electron chi connectivity index (χ4n) is 12.1. The van der Waals surface area contributed by atoms with Gasteiger partial charge < -0.3 is 95.4 Å². The first-order valence-corrected chi connectivity index (χ1v) is 42.8. The molecule has 106 heavy (non-hydrogen) atoms. The molecule has 0 amide bonds. The molecule has 0 aromatic carbocycles. The van der Waals surface area contributed by atoms with Crippen LogP contribution in [-0.4, -0.2) is 149 Å². The summed E-state index contributed by atoms with van der Waals surface area (Å²) in [4.78, 5) is 63.8. The van der Waals surface area contributed by atoms with Gasteiger partial charge in [-0.25, -0.2) is 9.59 Å². The van der Waals surface area contributed by atoms with Crippen LogP contribution in [0.2, 0.25) is 0 Å². The number of aliphatic carboxylic acids is 4. The van der Waals surface area contributed by atoms with Crippen LogP contribution in [0.5, 0.6) is 0 Å². The molecule has 0 heterocycles. The number of esters is 2. The minimum absolute atomic E-state index is 0. The molecule has 0 spiro atoms. The zero-order chi connectivity index (χ0) is 79.5. The third kappa shape index (κ3) is 92.1. The van der Waals surface area contributed by atoms with Crippen LogP contribution in [0.3, 0.4) is 0 Å². The number of carboxylic acid groups (broad SMARTS) is 4. The van der Waals surface area contributed by atoms with E-state index < -0.39 is 97.9 Å². The zero-order valence-corrected chi connectivity index (χ0v) is 70.2. The Labute approximate surface area is 664 Å². The maximum Gasteiger partial charge on any atom is 4.00 e. The van der Waals surface area contributed by atoms with Crippen molar-refractivity contribution in [3.8, 4) is 0 Å². The van der Waals surface area contributed by atoms with E-state index in [0.717, 1.165) is 51.4 Å². The van der Waals surface area contributed by atoms with Gasteiger partial charge in [0.25, 0.3) is 0 Å². The Hall–Kier alpha value is -2.50. The van der Waals surface area contributed by atoms with Crippen LogP contribution in [0.1, 0.15) is 439 Å². The van der Waals surface area contributed by atoms with Crippen LogP contribution in [0.15, 0.2) is 0 Å². The quantitative estimate of drug-likeness (QED) is 0.0154. The van der Waals surface area contributed by atoms with Crippen LogP contribution >= 0.6 is 0 Å². The van der Waals surface area contributed by atoms with Gasteiger partial charge in [0.1, 0.15) is 36.6 Å². The standard InChI is InChI=1S/4C18H36O2.C12H22O13.Zr/c4*1-2-3-4-5-6-7-8-9-10-11-12-13-14-15-16-17-18(19)20;13-1-3(15)5(17)7(19)9(21)11(23)25-12(24)10(22)8(20)6(18)4(16)2-14;/h4*2-17H2,1H3,(H,19,20);3-10,13-22H,1-2H2;/q;;;;;+4/p-4/t;;;;3-,4-,5-,6-,7+,8+,9-,10-;/m....1./s1. The number of rotatable bonds is 74. The van der Waals surface area contributed by atoms with Crippen LogP contribution in [-0.2, 0) is 59.7 Å². The topological polar surface area (TPSA) is 406 Å². The summed E-state index contributed by atoms with van der Waals surface area (Å²) in [5.74, 6) is -7.38. The smallest absolute Gasteiger partial charge is 0.550 e. The first kappa shape index (κ1) is 114. The second-order valence-corrected chi connectivity index (χ2v) is 29.4. The van der Waals surface area contributed by atoms with Crippen molar-refractivity contribution in [1.29, 1.82) is 0 Å². The van der Waals surface area contributed by atoms with E-state index in [9.17, 15) is 79.8 Å². The number of hydrogen-bond donors (Lipinski definition) is 10. The van der Waals surface area contributed by atoms with Crippen molar-refractivity contribution in [1.82, 2.24) is 0 Å². The van der Waals surface area contributed by atoms with Gasteiger partial charge in [0, 0.05) is 23.9 Å². The van der Waals surface area contributed by atoms with Crippen LogP contribution in [0.25, 0.3) is 0 Å². The number of aliphatic hydroxyl groups is 10. The van der Waals surface area contributed by atoms with E-state index in [1.807, 2.05) is 0 Å². The third-order valence-corrected chi connectivity index (χ3v) is 19.1. The summed E-state index contributed by atoms with van der Waals surface area (Å²) in [7, 11) is 0. The van der Waals surface area contributed by atoms with Crippen molar-refractivity contribution in [3.05, 3.63) is 0 Å². The van der Waals surface area contributed by atoms with Crippen molar-refractivity contribution in [2.24, 2.45) is 0 Å². The van der Waals surface area contributed by atoms with E-state index in [1.54, 1.807) is 0 Å². The molecule has 0 aliphatic heterocycles. The molecule has 21 nitrogen and oxygen atoms in total. The van der Waals surface area contributed by atoms with Gasteiger partial charge in [-0.05, 0) is 51.4 Å². The van der Waals surface area contributed by atoms with Gasteiger partial charge in [0.15, 0.2) is 12.2 Å².